The van der Waals surface area contributed by atoms with Crippen molar-refractivity contribution in [2.45, 2.75) is 87.7 Å². The number of aryl methyl sites for hydroxylation is 1. The van der Waals surface area contributed by atoms with Gasteiger partial charge >= 0.3 is 0 Å². The van der Waals surface area contributed by atoms with E-state index in [9.17, 15) is 14.7 Å². The first kappa shape index (κ1) is 39.8. The molecule has 8 aliphatic rings. The van der Waals surface area contributed by atoms with Gasteiger partial charge in [-0.15, -0.1) is 0 Å². The molecule has 4 unspecified atom stereocenters. The highest BCUT2D eigenvalue weighted by atomic mass is 16.5. The molecular formula is C52H60N4O6. The second-order valence-corrected chi connectivity index (χ2v) is 19.6. The van der Waals surface area contributed by atoms with Gasteiger partial charge in [0, 0.05) is 66.1 Å². The highest BCUT2D eigenvalue weighted by Gasteiger charge is 2.53. The smallest absolute Gasteiger partial charge is 0.246 e. The van der Waals surface area contributed by atoms with Crippen LogP contribution in [0, 0.1) is 17.3 Å². The number of benzene rings is 3. The lowest BCUT2D eigenvalue weighted by Crippen LogP contribution is -2.50. The molecule has 62 heavy (non-hydrogen) atoms. The van der Waals surface area contributed by atoms with E-state index in [2.05, 4.69) is 82.4 Å². The molecule has 0 radical (unpaired) electrons. The summed E-state index contributed by atoms with van der Waals surface area (Å²) in [5.41, 5.74) is 9.35. The first-order valence-corrected chi connectivity index (χ1v) is 23.2. The number of methoxy groups -OCH3 is 1. The first-order chi connectivity index (χ1) is 30.2. The summed E-state index contributed by atoms with van der Waals surface area (Å²) in [6, 6.07) is 23.2. The lowest BCUT2D eigenvalue weighted by Gasteiger charge is -2.41. The zero-order valence-electron chi connectivity index (χ0n) is 36.1. The number of anilines is 1. The largest absolute Gasteiger partial charge is 0.508 e. The van der Waals surface area contributed by atoms with E-state index in [4.69, 9.17) is 14.2 Å². The Labute approximate surface area is 365 Å². The summed E-state index contributed by atoms with van der Waals surface area (Å²) < 4.78 is 19.5. The quantitative estimate of drug-likeness (QED) is 0.251. The SMILES string of the molecule is C=C1CC[C@H](N2CC3=C4OCC5(CCN(CC6COC7(CCN(c8ccc(C9c%10ccc(O)cc%10CCC9c9ccccc9)c(OC)c8)CC7)C6)CC5)C4=CCC3C2=O)C(=O)N1. The Kier molecular flexibility index (Phi) is 10.0. The molecule has 5 atom stereocenters. The van der Waals surface area contributed by atoms with Gasteiger partial charge in [0.1, 0.15) is 23.3 Å². The zero-order valence-corrected chi connectivity index (χ0v) is 36.1. The van der Waals surface area contributed by atoms with Gasteiger partial charge in [0.2, 0.25) is 11.8 Å². The molecule has 2 aliphatic carbocycles. The van der Waals surface area contributed by atoms with E-state index in [1.54, 1.807) is 12.0 Å². The van der Waals surface area contributed by atoms with E-state index in [1.165, 1.54) is 33.5 Å². The van der Waals surface area contributed by atoms with Crippen LogP contribution in [0.3, 0.4) is 0 Å². The fourth-order valence-corrected chi connectivity index (χ4v) is 12.9. The molecule has 10 heteroatoms. The number of amides is 2. The van der Waals surface area contributed by atoms with Gasteiger partial charge in [-0.3, -0.25) is 9.59 Å². The summed E-state index contributed by atoms with van der Waals surface area (Å²) in [5.74, 6) is 2.93. The van der Waals surface area contributed by atoms with E-state index < -0.39 is 6.04 Å². The molecule has 0 aromatic heterocycles. The number of carbonyl (C=O) groups excluding carboxylic acids is 2. The Morgan fingerprint density at radius 2 is 1.74 bits per heavy atom. The molecule has 3 aromatic rings. The molecule has 6 aliphatic heterocycles. The van der Waals surface area contributed by atoms with E-state index in [0.29, 0.717) is 50.0 Å². The number of nitrogens with zero attached hydrogens (tertiary/aromatic N) is 3. The van der Waals surface area contributed by atoms with Crippen LogP contribution in [0.5, 0.6) is 11.5 Å². The van der Waals surface area contributed by atoms with Crippen molar-refractivity contribution in [2.24, 2.45) is 17.3 Å². The molecule has 0 bridgehead atoms. The maximum atomic E-state index is 13.6. The van der Waals surface area contributed by atoms with Crippen LogP contribution in [-0.2, 0) is 25.5 Å². The number of hydrogen-bond donors (Lipinski definition) is 2. The average molecular weight is 837 g/mol. The lowest BCUT2D eigenvalue weighted by atomic mass is 9.69. The molecule has 6 fully saturated rings. The highest BCUT2D eigenvalue weighted by Crippen LogP contribution is 2.54. The number of phenols is 1. The molecule has 2 spiro atoms. The number of likely N-dealkylation sites (tertiary alicyclic amines) is 2. The van der Waals surface area contributed by atoms with Gasteiger partial charge in [-0.2, -0.15) is 0 Å². The molecule has 324 valence electrons. The topological polar surface area (TPSA) is 104 Å². The standard InChI is InChI=1S/C52H60N4O6/c1-33-8-17-45(49(58)53-33)56-30-43-41(50(56)59)15-16-44-48(43)61-32-51(44)18-22-54(23-19-51)29-34-28-52(62-31-34)20-24-55(25-21-52)37-10-13-42(46(27-37)60-2)47-39(35-6-4-3-5-7-35)12-9-36-26-38(57)11-14-40(36)47/h3-7,10-11,13-14,16,26-27,34,39,41,45,47,57H,1,8-9,12,15,17-25,28-32H2,2H3,(H,53,58)/t34?,39?,41?,45-,47?/m0/s1. The van der Waals surface area contributed by atoms with Gasteiger partial charge in [0.15, 0.2) is 0 Å². The van der Waals surface area contributed by atoms with Crippen LogP contribution in [0.25, 0.3) is 0 Å². The van der Waals surface area contributed by atoms with Gasteiger partial charge < -0.3 is 39.3 Å². The van der Waals surface area contributed by atoms with Gasteiger partial charge in [0.25, 0.3) is 0 Å². The Morgan fingerprint density at radius 3 is 2.53 bits per heavy atom. The minimum absolute atomic E-state index is 0.00974. The molecule has 6 heterocycles. The van der Waals surface area contributed by atoms with Crippen LogP contribution in [-0.4, -0.2) is 98.0 Å². The number of hydrogen-bond acceptors (Lipinski definition) is 8. The maximum absolute atomic E-state index is 13.6. The third kappa shape index (κ3) is 6.83. The van der Waals surface area contributed by atoms with Crippen molar-refractivity contribution < 1.29 is 28.9 Å². The number of nitrogens with one attached hydrogen (secondary N) is 1. The summed E-state index contributed by atoms with van der Waals surface area (Å²) >= 11 is 0. The minimum Gasteiger partial charge on any atom is -0.508 e. The Bertz CT molecular complexity index is 2340. The Morgan fingerprint density at radius 1 is 0.935 bits per heavy atom. The summed E-state index contributed by atoms with van der Waals surface area (Å²) in [6.45, 7) is 11.0. The highest BCUT2D eigenvalue weighted by molar-refractivity contribution is 5.93. The maximum Gasteiger partial charge on any atom is 0.246 e. The predicted molar refractivity (Wildman–Crippen MR) is 238 cm³/mol. The Balaban J connectivity index is 0.708. The molecule has 6 saturated heterocycles. The number of fused-ring (bicyclic) bond motifs is 4. The fraction of sp³-hybridized carbons (Fsp3) is 0.500. The van der Waals surface area contributed by atoms with E-state index in [0.717, 1.165) is 107 Å². The van der Waals surface area contributed by atoms with Crippen LogP contribution < -0.4 is 15.0 Å². The van der Waals surface area contributed by atoms with Gasteiger partial charge in [-0.1, -0.05) is 55.1 Å². The molecule has 2 N–H and O–H groups in total. The summed E-state index contributed by atoms with van der Waals surface area (Å²) in [6.07, 6.45) is 11.6. The van der Waals surface area contributed by atoms with Crippen molar-refractivity contribution in [1.82, 2.24) is 15.1 Å². The molecular weight excluding hydrogens is 777 g/mol. The minimum atomic E-state index is -0.431. The van der Waals surface area contributed by atoms with Crippen LogP contribution in [0.1, 0.15) is 91.9 Å². The molecule has 2 amide bonds. The van der Waals surface area contributed by atoms with E-state index >= 15 is 0 Å². The summed E-state index contributed by atoms with van der Waals surface area (Å²) in [7, 11) is 1.80. The fourth-order valence-electron chi connectivity index (χ4n) is 12.9. The van der Waals surface area contributed by atoms with Crippen LogP contribution in [0.4, 0.5) is 5.69 Å². The van der Waals surface area contributed by atoms with Gasteiger partial charge in [-0.25, -0.2) is 0 Å². The van der Waals surface area contributed by atoms with Crippen LogP contribution in [0.15, 0.2) is 102 Å². The van der Waals surface area contributed by atoms with Crippen LogP contribution >= 0.6 is 0 Å². The average Bonchev–Trinajstić information content (AvgIpc) is 3.97. The number of rotatable bonds is 7. The monoisotopic (exact) mass is 836 g/mol. The number of phenolic OH excluding ortho intramolecular Hbond substituents is 1. The molecule has 0 saturated carbocycles. The third-order valence-corrected chi connectivity index (χ3v) is 16.2. The Hall–Kier alpha value is -5.06. The van der Waals surface area contributed by atoms with Gasteiger partial charge in [0.05, 0.1) is 31.8 Å². The van der Waals surface area contributed by atoms with Gasteiger partial charge in [-0.05, 0) is 130 Å². The van der Waals surface area contributed by atoms with Crippen molar-refractivity contribution >= 4 is 17.5 Å². The summed E-state index contributed by atoms with van der Waals surface area (Å²) in [5, 5.41) is 13.2. The van der Waals surface area contributed by atoms with Crippen molar-refractivity contribution in [2.75, 3.05) is 64.5 Å². The first-order valence-electron chi connectivity index (χ1n) is 23.2. The van der Waals surface area contributed by atoms with Crippen molar-refractivity contribution in [1.29, 1.82) is 0 Å². The van der Waals surface area contributed by atoms with Crippen molar-refractivity contribution in [3.05, 3.63) is 124 Å². The second-order valence-electron chi connectivity index (χ2n) is 19.6. The molecule has 10 nitrogen and oxygen atoms in total. The number of aromatic hydroxyl groups is 1. The molecule has 3 aromatic carbocycles. The third-order valence-electron chi connectivity index (χ3n) is 16.2. The second kappa shape index (κ2) is 15.6. The number of piperidine rings is 3. The number of ether oxygens (including phenoxy) is 3. The van der Waals surface area contributed by atoms with Crippen LogP contribution in [0.2, 0.25) is 0 Å². The molecule has 11 rings (SSSR count). The number of carbonyl (C=O) groups is 2. The van der Waals surface area contributed by atoms with Crippen molar-refractivity contribution in [3.63, 3.8) is 0 Å². The normalized spacial score (nSPS) is 29.0. The zero-order chi connectivity index (χ0) is 42.2. The lowest BCUT2D eigenvalue weighted by molar-refractivity contribution is -0.140. The van der Waals surface area contributed by atoms with E-state index in [1.807, 2.05) is 12.1 Å². The van der Waals surface area contributed by atoms with Crippen molar-refractivity contribution in [3.8, 4) is 11.5 Å². The number of allylic oxidation sites excluding steroid dienone is 3. The summed E-state index contributed by atoms with van der Waals surface area (Å²) in [4.78, 5) is 33.4. The predicted octanol–water partition coefficient (Wildman–Crippen LogP) is 7.59. The van der Waals surface area contributed by atoms with E-state index in [-0.39, 0.29) is 34.7 Å².